The number of nitrogens with one attached hydrogen (secondary N) is 1. The van der Waals surface area contributed by atoms with E-state index in [1.165, 1.54) is 12.1 Å². The van der Waals surface area contributed by atoms with Gasteiger partial charge in [-0.05, 0) is 70.2 Å². The molecule has 0 unspecified atom stereocenters. The fourth-order valence-corrected chi connectivity index (χ4v) is 4.87. The number of rotatable bonds is 12. The van der Waals surface area contributed by atoms with Crippen LogP contribution in [0.2, 0.25) is 0 Å². The molecular weight excluding hydrogens is 549 g/mol. The number of halogens is 2. The first-order valence-corrected chi connectivity index (χ1v) is 13.4. The Bertz CT molecular complexity index is 1370. The predicted octanol–water partition coefficient (Wildman–Crippen LogP) is 5.82. The number of carbonyl (C=O) groups is 2. The summed E-state index contributed by atoms with van der Waals surface area (Å²) in [6.07, 6.45) is 3.21. The summed E-state index contributed by atoms with van der Waals surface area (Å²) in [6, 6.07) is 21.4. The van der Waals surface area contributed by atoms with Gasteiger partial charge in [-0.25, -0.2) is 4.39 Å². The number of benzene rings is 3. The summed E-state index contributed by atoms with van der Waals surface area (Å²) in [5, 5.41) is 1.12. The number of para-hydroxylation sites is 1. The fraction of sp³-hybridized carbons (Fsp3) is 0.267. The van der Waals surface area contributed by atoms with E-state index in [0.29, 0.717) is 49.1 Å². The minimum absolute atomic E-state index is 0.0705. The molecule has 8 heteroatoms. The molecule has 0 bridgehead atoms. The number of hydrogen-bond donors (Lipinski definition) is 1. The van der Waals surface area contributed by atoms with Crippen LogP contribution in [0.15, 0.2) is 83.5 Å². The largest absolute Gasteiger partial charge is 0.385 e. The van der Waals surface area contributed by atoms with Crippen LogP contribution in [-0.4, -0.2) is 59.9 Å². The summed E-state index contributed by atoms with van der Waals surface area (Å²) >= 11 is 3.46. The van der Waals surface area contributed by atoms with Crippen LogP contribution in [0, 0.1) is 5.82 Å². The number of aromatic amines is 1. The first kappa shape index (κ1) is 27.5. The summed E-state index contributed by atoms with van der Waals surface area (Å²) in [5.41, 5.74) is 3.48. The Morgan fingerprint density at radius 1 is 0.947 bits per heavy atom. The molecule has 0 radical (unpaired) electrons. The van der Waals surface area contributed by atoms with Crippen LogP contribution in [0.1, 0.15) is 27.9 Å². The van der Waals surface area contributed by atoms with E-state index >= 15 is 0 Å². The molecule has 0 fully saturated rings. The fourth-order valence-electron chi connectivity index (χ4n) is 4.42. The number of amides is 2. The molecule has 4 aromatic rings. The van der Waals surface area contributed by atoms with Crippen LogP contribution in [0.5, 0.6) is 0 Å². The lowest BCUT2D eigenvalue weighted by molar-refractivity contribution is -0.132. The molecule has 0 aliphatic rings. The van der Waals surface area contributed by atoms with Gasteiger partial charge in [-0.1, -0.05) is 42.5 Å². The van der Waals surface area contributed by atoms with Gasteiger partial charge < -0.3 is 19.5 Å². The Hall–Kier alpha value is -3.49. The van der Waals surface area contributed by atoms with Crippen molar-refractivity contribution < 1.29 is 18.7 Å². The molecule has 4 rings (SSSR count). The molecule has 1 N–H and O–H groups in total. The van der Waals surface area contributed by atoms with Gasteiger partial charge >= 0.3 is 0 Å². The van der Waals surface area contributed by atoms with Crippen LogP contribution in [0.3, 0.4) is 0 Å². The number of methoxy groups -OCH3 is 1. The highest BCUT2D eigenvalue weighted by atomic mass is 79.9. The van der Waals surface area contributed by atoms with Crippen molar-refractivity contribution in [3.05, 3.63) is 106 Å². The molecule has 2 amide bonds. The molecule has 6 nitrogen and oxygen atoms in total. The molecule has 38 heavy (non-hydrogen) atoms. The number of fused-ring (bicyclic) bond motifs is 1. The first-order chi connectivity index (χ1) is 18.5. The second kappa shape index (κ2) is 13.3. The number of aromatic nitrogens is 1. The van der Waals surface area contributed by atoms with Crippen molar-refractivity contribution in [1.82, 2.24) is 14.8 Å². The SMILES string of the molecule is COCCCN(CC(=O)N(CCc1c[nH]c2ccccc12)Cc1ccc(F)cc1)C(=O)c1ccccc1Br. The van der Waals surface area contributed by atoms with Gasteiger partial charge in [0.1, 0.15) is 12.4 Å². The van der Waals surface area contributed by atoms with Crippen LogP contribution < -0.4 is 0 Å². The van der Waals surface area contributed by atoms with E-state index in [-0.39, 0.29) is 24.2 Å². The standard InChI is InChI=1S/C30H31BrFN3O3/c1-38-18-6-16-35(30(37)26-8-2-4-9-27(26)31)21-29(36)34(20-22-11-13-24(32)14-12-22)17-15-23-19-33-28-10-5-3-7-25(23)28/h2-5,7-14,19,33H,6,15-18,20-21H2,1H3. The van der Waals surface area contributed by atoms with Crippen LogP contribution in [0.4, 0.5) is 4.39 Å². The van der Waals surface area contributed by atoms with Crippen LogP contribution in [-0.2, 0) is 22.5 Å². The van der Waals surface area contributed by atoms with Gasteiger partial charge in [0.15, 0.2) is 0 Å². The highest BCUT2D eigenvalue weighted by molar-refractivity contribution is 9.10. The minimum Gasteiger partial charge on any atom is -0.385 e. The predicted molar refractivity (Wildman–Crippen MR) is 150 cm³/mol. The Morgan fingerprint density at radius 3 is 2.45 bits per heavy atom. The quantitative estimate of drug-likeness (QED) is 0.215. The number of ether oxygens (including phenoxy) is 1. The highest BCUT2D eigenvalue weighted by Gasteiger charge is 2.24. The monoisotopic (exact) mass is 579 g/mol. The van der Waals surface area contributed by atoms with E-state index in [1.807, 2.05) is 36.5 Å². The number of H-pyrrole nitrogens is 1. The van der Waals surface area contributed by atoms with Crippen molar-refractivity contribution in [2.45, 2.75) is 19.4 Å². The van der Waals surface area contributed by atoms with E-state index in [2.05, 4.69) is 27.0 Å². The van der Waals surface area contributed by atoms with Gasteiger partial charge in [-0.3, -0.25) is 9.59 Å². The maximum Gasteiger partial charge on any atom is 0.255 e. The zero-order valence-electron chi connectivity index (χ0n) is 21.3. The van der Waals surface area contributed by atoms with Crippen molar-refractivity contribution in [2.75, 3.05) is 33.4 Å². The average molecular weight is 580 g/mol. The second-order valence-electron chi connectivity index (χ2n) is 9.10. The Morgan fingerprint density at radius 2 is 1.68 bits per heavy atom. The molecule has 198 valence electrons. The molecule has 0 saturated carbocycles. The summed E-state index contributed by atoms with van der Waals surface area (Å²) in [5.74, 6) is -0.721. The molecule has 3 aromatic carbocycles. The average Bonchev–Trinajstić information content (AvgIpc) is 3.34. The molecule has 0 aliphatic carbocycles. The van der Waals surface area contributed by atoms with Crippen molar-refractivity contribution in [1.29, 1.82) is 0 Å². The van der Waals surface area contributed by atoms with Crippen LogP contribution in [0.25, 0.3) is 10.9 Å². The Kier molecular flexibility index (Phi) is 9.67. The van der Waals surface area contributed by atoms with E-state index < -0.39 is 0 Å². The van der Waals surface area contributed by atoms with Crippen molar-refractivity contribution >= 4 is 38.6 Å². The molecule has 1 heterocycles. The number of hydrogen-bond acceptors (Lipinski definition) is 3. The summed E-state index contributed by atoms with van der Waals surface area (Å²) in [4.78, 5) is 33.8. The van der Waals surface area contributed by atoms with Gasteiger partial charge in [0, 0.05) is 54.9 Å². The highest BCUT2D eigenvalue weighted by Crippen LogP contribution is 2.20. The lowest BCUT2D eigenvalue weighted by Gasteiger charge is -2.28. The zero-order valence-corrected chi connectivity index (χ0v) is 22.9. The molecule has 1 aromatic heterocycles. The topological polar surface area (TPSA) is 65.6 Å². The third kappa shape index (κ3) is 7.08. The lowest BCUT2D eigenvalue weighted by atomic mass is 10.1. The third-order valence-electron chi connectivity index (χ3n) is 6.46. The van der Waals surface area contributed by atoms with Crippen LogP contribution >= 0.6 is 15.9 Å². The zero-order chi connectivity index (χ0) is 26.9. The summed E-state index contributed by atoms with van der Waals surface area (Å²) in [6.45, 7) is 1.56. The van der Waals surface area contributed by atoms with Gasteiger partial charge in [-0.2, -0.15) is 0 Å². The van der Waals surface area contributed by atoms with E-state index in [1.54, 1.807) is 41.2 Å². The van der Waals surface area contributed by atoms with Crippen molar-refractivity contribution in [3.8, 4) is 0 Å². The van der Waals surface area contributed by atoms with E-state index in [9.17, 15) is 14.0 Å². The maximum absolute atomic E-state index is 13.7. The van der Waals surface area contributed by atoms with Crippen molar-refractivity contribution in [2.24, 2.45) is 0 Å². The van der Waals surface area contributed by atoms with Gasteiger partial charge in [0.2, 0.25) is 5.91 Å². The van der Waals surface area contributed by atoms with E-state index in [0.717, 1.165) is 22.0 Å². The minimum atomic E-state index is -0.325. The third-order valence-corrected chi connectivity index (χ3v) is 7.15. The molecule has 0 atom stereocenters. The normalized spacial score (nSPS) is 11.0. The molecule has 0 saturated heterocycles. The van der Waals surface area contributed by atoms with Gasteiger partial charge in [0.05, 0.1) is 5.56 Å². The lowest BCUT2D eigenvalue weighted by Crippen LogP contribution is -2.44. The summed E-state index contributed by atoms with van der Waals surface area (Å²) < 4.78 is 19.4. The molecule has 0 aliphatic heterocycles. The van der Waals surface area contributed by atoms with Gasteiger partial charge in [0.25, 0.3) is 5.91 Å². The first-order valence-electron chi connectivity index (χ1n) is 12.6. The molecular formula is C30H31BrFN3O3. The maximum atomic E-state index is 13.7. The Balaban J connectivity index is 1.55. The molecule has 0 spiro atoms. The van der Waals surface area contributed by atoms with Gasteiger partial charge in [-0.15, -0.1) is 0 Å². The Labute approximate surface area is 230 Å². The smallest absolute Gasteiger partial charge is 0.255 e. The number of carbonyl (C=O) groups excluding carboxylic acids is 2. The van der Waals surface area contributed by atoms with E-state index in [4.69, 9.17) is 4.74 Å². The van der Waals surface area contributed by atoms with Crippen molar-refractivity contribution in [3.63, 3.8) is 0 Å². The number of nitrogens with zero attached hydrogens (tertiary/aromatic N) is 2. The second-order valence-corrected chi connectivity index (χ2v) is 9.96. The summed E-state index contributed by atoms with van der Waals surface area (Å²) in [7, 11) is 1.61.